The maximum atomic E-state index is 12.9. The lowest BCUT2D eigenvalue weighted by Gasteiger charge is -2.15. The highest BCUT2D eigenvalue weighted by Gasteiger charge is 2.24. The van der Waals surface area contributed by atoms with Crippen molar-refractivity contribution in [2.24, 2.45) is 0 Å². The van der Waals surface area contributed by atoms with Crippen molar-refractivity contribution in [1.82, 2.24) is 0 Å². The van der Waals surface area contributed by atoms with Gasteiger partial charge in [0, 0.05) is 10.0 Å². The quantitative estimate of drug-likeness (QED) is 0.444. The summed E-state index contributed by atoms with van der Waals surface area (Å²) in [5.74, 6) is -0.606. The van der Waals surface area contributed by atoms with Crippen molar-refractivity contribution in [3.05, 3.63) is 75.8 Å². The van der Waals surface area contributed by atoms with Gasteiger partial charge in [-0.1, -0.05) is 35.3 Å². The number of aromatic hydroxyl groups is 1. The highest BCUT2D eigenvalue weighted by molar-refractivity contribution is 7.93. The first-order chi connectivity index (χ1) is 14.4. The molecule has 0 aromatic heterocycles. The fraction of sp³-hybridized carbons (Fsp3) is 0.100. The van der Waals surface area contributed by atoms with Crippen LogP contribution in [-0.4, -0.2) is 21.9 Å². The smallest absolute Gasteiger partial charge is 0.265 e. The Morgan fingerprint density at radius 2 is 1.23 bits per heavy atom. The number of nitrogens with one attached hydrogen (secondary N) is 2. The van der Waals surface area contributed by atoms with Crippen molar-refractivity contribution in [2.75, 3.05) is 9.44 Å². The number of phenols is 1. The predicted octanol–water partition coefficient (Wildman–Crippen LogP) is 4.92. The molecule has 0 spiro atoms. The van der Waals surface area contributed by atoms with Gasteiger partial charge in [0.15, 0.2) is 0 Å². The van der Waals surface area contributed by atoms with Gasteiger partial charge < -0.3 is 5.11 Å². The summed E-state index contributed by atoms with van der Waals surface area (Å²) in [5, 5.41) is 10.9. The molecular weight excluding hydrogens is 483 g/mol. The molecule has 0 heterocycles. The van der Waals surface area contributed by atoms with Crippen LogP contribution >= 0.6 is 23.2 Å². The highest BCUT2D eigenvalue weighted by Crippen LogP contribution is 2.31. The predicted molar refractivity (Wildman–Crippen MR) is 122 cm³/mol. The molecule has 3 aromatic carbocycles. The summed E-state index contributed by atoms with van der Waals surface area (Å²) >= 11 is 12.1. The van der Waals surface area contributed by atoms with Gasteiger partial charge in [-0.05, 0) is 67.4 Å². The molecule has 0 aliphatic carbocycles. The van der Waals surface area contributed by atoms with Gasteiger partial charge in [0.25, 0.3) is 20.0 Å². The zero-order valence-corrected chi connectivity index (χ0v) is 19.5. The van der Waals surface area contributed by atoms with Crippen LogP contribution in [-0.2, 0) is 20.0 Å². The zero-order chi connectivity index (χ0) is 23.0. The van der Waals surface area contributed by atoms with Crippen LogP contribution in [0.15, 0.2) is 64.4 Å². The Balaban J connectivity index is 2.01. The van der Waals surface area contributed by atoms with Gasteiger partial charge in [-0.3, -0.25) is 9.44 Å². The zero-order valence-electron chi connectivity index (χ0n) is 16.3. The van der Waals surface area contributed by atoms with Gasteiger partial charge in [-0.25, -0.2) is 16.8 Å². The first kappa shape index (κ1) is 23.2. The number of hydrogen-bond acceptors (Lipinski definition) is 5. The number of hydrogen-bond donors (Lipinski definition) is 3. The summed E-state index contributed by atoms with van der Waals surface area (Å²) in [7, 11) is -8.50. The van der Waals surface area contributed by atoms with E-state index in [2.05, 4.69) is 9.44 Å². The molecule has 0 aliphatic heterocycles. The van der Waals surface area contributed by atoms with Crippen LogP contribution in [0.1, 0.15) is 11.1 Å². The van der Waals surface area contributed by atoms with E-state index in [-0.39, 0.29) is 16.3 Å². The lowest BCUT2D eigenvalue weighted by molar-refractivity contribution is 0.458. The fourth-order valence-corrected chi connectivity index (χ4v) is 5.53. The molecule has 7 nitrogen and oxygen atoms in total. The molecule has 0 saturated carbocycles. The Hall–Kier alpha value is -2.46. The fourth-order valence-electron chi connectivity index (χ4n) is 2.72. The third-order valence-electron chi connectivity index (χ3n) is 4.56. The van der Waals surface area contributed by atoms with Gasteiger partial charge in [0.05, 0.1) is 16.3 Å². The summed E-state index contributed by atoms with van der Waals surface area (Å²) in [6.07, 6.45) is 0. The lowest BCUT2D eigenvalue weighted by atomic mass is 10.2. The summed E-state index contributed by atoms with van der Waals surface area (Å²) in [4.78, 5) is -0.953. The molecule has 3 aromatic rings. The van der Waals surface area contributed by atoms with Crippen LogP contribution in [0.3, 0.4) is 0 Å². The molecule has 0 saturated heterocycles. The van der Waals surface area contributed by atoms with Crippen LogP contribution in [0.25, 0.3) is 0 Å². The van der Waals surface area contributed by atoms with E-state index in [0.717, 1.165) is 18.2 Å². The minimum absolute atomic E-state index is 0.202. The van der Waals surface area contributed by atoms with Gasteiger partial charge >= 0.3 is 0 Å². The van der Waals surface area contributed by atoms with Crippen molar-refractivity contribution in [2.45, 2.75) is 23.6 Å². The summed E-state index contributed by atoms with van der Waals surface area (Å²) < 4.78 is 56.1. The highest BCUT2D eigenvalue weighted by atomic mass is 35.5. The average molecular weight is 501 g/mol. The topological polar surface area (TPSA) is 113 Å². The average Bonchev–Trinajstić information content (AvgIpc) is 2.69. The number of benzene rings is 3. The van der Waals surface area contributed by atoms with E-state index in [0.29, 0.717) is 21.2 Å². The van der Waals surface area contributed by atoms with Gasteiger partial charge in [0.2, 0.25) is 0 Å². The van der Waals surface area contributed by atoms with Gasteiger partial charge in [-0.15, -0.1) is 0 Å². The second-order valence-electron chi connectivity index (χ2n) is 6.67. The molecule has 0 amide bonds. The van der Waals surface area contributed by atoms with E-state index in [1.54, 1.807) is 38.1 Å². The van der Waals surface area contributed by atoms with Crippen molar-refractivity contribution < 1.29 is 21.9 Å². The SMILES string of the molecule is Cc1c(Cl)cccc1NS(=O)(=O)c1ccc(O)c(S(=O)(=O)Nc2cccc(Cl)c2C)c1. The minimum atomic E-state index is -4.33. The molecular formula is C20H18Cl2N2O5S2. The molecule has 3 rings (SSSR count). The van der Waals surface area contributed by atoms with Gasteiger partial charge in [-0.2, -0.15) is 0 Å². The third-order valence-corrected chi connectivity index (χ3v) is 8.13. The number of halogens is 2. The molecule has 11 heteroatoms. The Labute approximate surface area is 190 Å². The number of anilines is 2. The molecule has 0 fully saturated rings. The molecule has 0 radical (unpaired) electrons. The Morgan fingerprint density at radius 3 is 1.74 bits per heavy atom. The van der Waals surface area contributed by atoms with E-state index >= 15 is 0 Å². The normalized spacial score (nSPS) is 11.9. The van der Waals surface area contributed by atoms with E-state index in [9.17, 15) is 21.9 Å². The minimum Gasteiger partial charge on any atom is -0.507 e. The Morgan fingerprint density at radius 1 is 0.742 bits per heavy atom. The molecule has 0 aliphatic rings. The van der Waals surface area contributed by atoms with Crippen LogP contribution in [0.5, 0.6) is 5.75 Å². The first-order valence-corrected chi connectivity index (χ1v) is 12.5. The summed E-state index contributed by atoms with van der Waals surface area (Å²) in [6.45, 7) is 3.27. The third kappa shape index (κ3) is 4.90. The largest absolute Gasteiger partial charge is 0.507 e. The maximum Gasteiger partial charge on any atom is 0.265 e. The summed E-state index contributed by atoms with van der Waals surface area (Å²) in [6, 6.07) is 12.4. The van der Waals surface area contributed by atoms with Crippen molar-refractivity contribution in [3.63, 3.8) is 0 Å². The lowest BCUT2D eigenvalue weighted by Crippen LogP contribution is -2.17. The molecule has 3 N–H and O–H groups in total. The number of phenolic OH excluding ortho intramolecular Hbond substituents is 1. The van der Waals surface area contributed by atoms with Gasteiger partial charge in [0.1, 0.15) is 10.6 Å². The van der Waals surface area contributed by atoms with E-state index < -0.39 is 30.7 Å². The van der Waals surface area contributed by atoms with Crippen LogP contribution in [0.2, 0.25) is 10.0 Å². The van der Waals surface area contributed by atoms with E-state index in [1.807, 2.05) is 0 Å². The summed E-state index contributed by atoms with van der Waals surface area (Å²) in [5.41, 5.74) is 1.44. The van der Waals surface area contributed by atoms with E-state index in [1.165, 1.54) is 12.1 Å². The maximum absolute atomic E-state index is 12.9. The molecule has 164 valence electrons. The molecule has 0 bridgehead atoms. The monoisotopic (exact) mass is 500 g/mol. The molecule has 0 unspecified atom stereocenters. The van der Waals surface area contributed by atoms with Crippen LogP contribution < -0.4 is 9.44 Å². The standard InChI is InChI=1S/C20H18Cl2N2O5S2/c1-12-15(21)5-3-7-17(12)23-30(26,27)14-9-10-19(25)20(11-14)31(28,29)24-18-8-4-6-16(22)13(18)2/h3-11,23-25H,1-2H3. The molecule has 31 heavy (non-hydrogen) atoms. The Kier molecular flexibility index (Phi) is 6.43. The van der Waals surface area contributed by atoms with Crippen LogP contribution in [0.4, 0.5) is 11.4 Å². The number of sulfonamides is 2. The molecule has 0 atom stereocenters. The van der Waals surface area contributed by atoms with E-state index in [4.69, 9.17) is 23.2 Å². The van der Waals surface area contributed by atoms with Crippen LogP contribution in [0, 0.1) is 13.8 Å². The second kappa shape index (κ2) is 8.58. The number of rotatable bonds is 6. The van der Waals surface area contributed by atoms with Crippen molar-refractivity contribution in [1.29, 1.82) is 0 Å². The Bertz CT molecular complexity index is 1370. The second-order valence-corrected chi connectivity index (χ2v) is 10.8. The first-order valence-electron chi connectivity index (χ1n) is 8.81. The van der Waals surface area contributed by atoms with Crippen molar-refractivity contribution in [3.8, 4) is 5.75 Å². The van der Waals surface area contributed by atoms with Crippen molar-refractivity contribution >= 4 is 54.6 Å².